The number of rotatable bonds is 5. The van der Waals surface area contributed by atoms with Gasteiger partial charge in [0, 0.05) is 5.39 Å². The molecule has 0 aliphatic carbocycles. The summed E-state index contributed by atoms with van der Waals surface area (Å²) in [4.78, 5) is 0.280. The van der Waals surface area contributed by atoms with E-state index in [-0.39, 0.29) is 4.90 Å². The van der Waals surface area contributed by atoms with Gasteiger partial charge in [-0.25, -0.2) is 8.42 Å². The third-order valence-electron chi connectivity index (χ3n) is 4.41. The van der Waals surface area contributed by atoms with Gasteiger partial charge in [-0.05, 0) is 41.5 Å². The van der Waals surface area contributed by atoms with Crippen LogP contribution in [0.25, 0.3) is 10.8 Å². The predicted molar refractivity (Wildman–Crippen MR) is 99.9 cm³/mol. The second kappa shape index (κ2) is 6.65. The molecule has 0 unspecified atom stereocenters. The molecule has 1 atom stereocenters. The Kier molecular flexibility index (Phi) is 4.58. The average Bonchev–Trinajstić information content (AvgIpc) is 2.61. The number of benzene rings is 3. The Morgan fingerprint density at radius 2 is 1.58 bits per heavy atom. The molecule has 0 aliphatic heterocycles. The van der Waals surface area contributed by atoms with Crippen molar-refractivity contribution in [1.82, 2.24) is 0 Å². The van der Waals surface area contributed by atoms with Crippen molar-refractivity contribution in [2.75, 3.05) is 4.72 Å². The van der Waals surface area contributed by atoms with Crippen molar-refractivity contribution in [1.29, 1.82) is 0 Å². The maximum absolute atomic E-state index is 12.7. The van der Waals surface area contributed by atoms with E-state index in [2.05, 4.69) is 18.6 Å². The Hall–Kier alpha value is -2.33. The second-order valence-corrected chi connectivity index (χ2v) is 7.69. The molecule has 0 aromatic heterocycles. The lowest BCUT2D eigenvalue weighted by molar-refractivity contribution is 0.601. The van der Waals surface area contributed by atoms with Crippen LogP contribution in [0, 0.1) is 0 Å². The Morgan fingerprint density at radius 3 is 2.29 bits per heavy atom. The van der Waals surface area contributed by atoms with Gasteiger partial charge in [-0.3, -0.25) is 4.72 Å². The molecular weight excluding hydrogens is 318 g/mol. The SMILES string of the molecule is CC[C@@H](C)c1ccc(S(=O)(=O)Nc2cccc3ccccc23)cc1. The minimum absolute atomic E-state index is 0.280. The molecule has 0 spiro atoms. The van der Waals surface area contributed by atoms with Gasteiger partial charge in [-0.2, -0.15) is 0 Å². The van der Waals surface area contributed by atoms with Crippen molar-refractivity contribution in [3.05, 3.63) is 72.3 Å². The number of hydrogen-bond donors (Lipinski definition) is 1. The molecule has 124 valence electrons. The molecule has 3 nitrogen and oxygen atoms in total. The predicted octanol–water partition coefficient (Wildman–Crippen LogP) is 5.15. The van der Waals surface area contributed by atoms with Crippen LogP contribution in [0.15, 0.2) is 71.6 Å². The molecule has 1 N–H and O–H groups in total. The minimum Gasteiger partial charge on any atom is -0.279 e. The molecule has 0 heterocycles. The summed E-state index contributed by atoms with van der Waals surface area (Å²) in [6.45, 7) is 4.26. The Labute approximate surface area is 143 Å². The van der Waals surface area contributed by atoms with Crippen molar-refractivity contribution >= 4 is 26.5 Å². The van der Waals surface area contributed by atoms with E-state index in [0.29, 0.717) is 11.6 Å². The van der Waals surface area contributed by atoms with Gasteiger partial charge in [-0.15, -0.1) is 0 Å². The molecule has 0 amide bonds. The third-order valence-corrected chi connectivity index (χ3v) is 5.79. The zero-order valence-corrected chi connectivity index (χ0v) is 14.7. The summed E-state index contributed by atoms with van der Waals surface area (Å²) in [5, 5.41) is 1.89. The minimum atomic E-state index is -3.60. The highest BCUT2D eigenvalue weighted by Crippen LogP contribution is 2.26. The van der Waals surface area contributed by atoms with E-state index < -0.39 is 10.0 Å². The molecule has 0 aliphatic rings. The van der Waals surface area contributed by atoms with Crippen molar-refractivity contribution in [2.24, 2.45) is 0 Å². The van der Waals surface area contributed by atoms with E-state index in [9.17, 15) is 8.42 Å². The van der Waals surface area contributed by atoms with Crippen LogP contribution in [0.1, 0.15) is 31.7 Å². The number of hydrogen-bond acceptors (Lipinski definition) is 2. The van der Waals surface area contributed by atoms with E-state index in [0.717, 1.165) is 22.8 Å². The van der Waals surface area contributed by atoms with Gasteiger partial charge in [0.2, 0.25) is 0 Å². The van der Waals surface area contributed by atoms with Crippen molar-refractivity contribution in [3.63, 3.8) is 0 Å². The van der Waals surface area contributed by atoms with Gasteiger partial charge in [0.1, 0.15) is 0 Å². The first kappa shape index (κ1) is 16.5. The van der Waals surface area contributed by atoms with Crippen LogP contribution in [0.3, 0.4) is 0 Å². The maximum Gasteiger partial charge on any atom is 0.261 e. The fourth-order valence-corrected chi connectivity index (χ4v) is 3.81. The quantitative estimate of drug-likeness (QED) is 0.698. The van der Waals surface area contributed by atoms with Crippen LogP contribution >= 0.6 is 0 Å². The van der Waals surface area contributed by atoms with E-state index in [4.69, 9.17) is 0 Å². The summed E-state index contributed by atoms with van der Waals surface area (Å²) < 4.78 is 28.1. The largest absolute Gasteiger partial charge is 0.279 e. The van der Waals surface area contributed by atoms with Gasteiger partial charge in [0.15, 0.2) is 0 Å². The first-order chi connectivity index (χ1) is 11.5. The van der Waals surface area contributed by atoms with Crippen molar-refractivity contribution in [2.45, 2.75) is 31.1 Å². The number of fused-ring (bicyclic) bond motifs is 1. The highest BCUT2D eigenvalue weighted by atomic mass is 32.2. The smallest absolute Gasteiger partial charge is 0.261 e. The topological polar surface area (TPSA) is 46.2 Å². The van der Waals surface area contributed by atoms with Crippen LogP contribution < -0.4 is 4.72 Å². The molecule has 3 rings (SSSR count). The summed E-state index contributed by atoms with van der Waals surface area (Å²) >= 11 is 0. The maximum atomic E-state index is 12.7. The highest BCUT2D eigenvalue weighted by Gasteiger charge is 2.16. The van der Waals surface area contributed by atoms with E-state index in [1.54, 1.807) is 18.2 Å². The van der Waals surface area contributed by atoms with Crippen LogP contribution in [-0.2, 0) is 10.0 Å². The molecule has 4 heteroatoms. The number of anilines is 1. The molecule has 0 fully saturated rings. The van der Waals surface area contributed by atoms with Gasteiger partial charge in [0.05, 0.1) is 10.6 Å². The summed E-state index contributed by atoms with van der Waals surface area (Å²) in [5.74, 6) is 0.424. The molecule has 0 radical (unpaired) electrons. The Bertz CT molecular complexity index is 942. The molecule has 3 aromatic rings. The summed E-state index contributed by atoms with van der Waals surface area (Å²) in [6, 6.07) is 20.5. The van der Waals surface area contributed by atoms with Crippen molar-refractivity contribution < 1.29 is 8.42 Å². The molecular formula is C20H21NO2S. The standard InChI is InChI=1S/C20H21NO2S/c1-3-15(2)16-11-13-18(14-12-16)24(22,23)21-20-10-6-8-17-7-4-5-9-19(17)20/h4-15,21H,3H2,1-2H3/t15-/m1/s1. The third kappa shape index (κ3) is 3.29. The number of sulfonamides is 1. The normalized spacial score (nSPS) is 12.9. The molecule has 3 aromatic carbocycles. The van der Waals surface area contributed by atoms with E-state index >= 15 is 0 Å². The summed E-state index contributed by atoms with van der Waals surface area (Å²) in [6.07, 6.45) is 1.03. The lowest BCUT2D eigenvalue weighted by Crippen LogP contribution is -2.13. The average molecular weight is 339 g/mol. The Balaban J connectivity index is 1.93. The second-order valence-electron chi connectivity index (χ2n) is 6.01. The monoisotopic (exact) mass is 339 g/mol. The van der Waals surface area contributed by atoms with E-state index in [1.165, 1.54) is 0 Å². The lowest BCUT2D eigenvalue weighted by Gasteiger charge is -2.12. The van der Waals surface area contributed by atoms with Gasteiger partial charge in [-0.1, -0.05) is 62.4 Å². The van der Waals surface area contributed by atoms with Crippen LogP contribution in [0.2, 0.25) is 0 Å². The molecule has 24 heavy (non-hydrogen) atoms. The van der Waals surface area contributed by atoms with Gasteiger partial charge in [0.25, 0.3) is 10.0 Å². The van der Waals surface area contributed by atoms with E-state index in [1.807, 2.05) is 48.5 Å². The highest BCUT2D eigenvalue weighted by molar-refractivity contribution is 7.92. The zero-order valence-electron chi connectivity index (χ0n) is 13.9. The molecule has 0 saturated heterocycles. The summed E-state index contributed by atoms with van der Waals surface area (Å²) in [5.41, 5.74) is 1.75. The lowest BCUT2D eigenvalue weighted by atomic mass is 9.99. The summed E-state index contributed by atoms with van der Waals surface area (Å²) in [7, 11) is -3.60. The van der Waals surface area contributed by atoms with Crippen molar-refractivity contribution in [3.8, 4) is 0 Å². The Morgan fingerprint density at radius 1 is 0.917 bits per heavy atom. The van der Waals surface area contributed by atoms with Gasteiger partial charge < -0.3 is 0 Å². The van der Waals surface area contributed by atoms with Crippen LogP contribution in [0.5, 0.6) is 0 Å². The molecule has 0 bridgehead atoms. The van der Waals surface area contributed by atoms with Gasteiger partial charge >= 0.3 is 0 Å². The molecule has 0 saturated carbocycles. The first-order valence-electron chi connectivity index (χ1n) is 8.12. The van der Waals surface area contributed by atoms with Crippen LogP contribution in [0.4, 0.5) is 5.69 Å². The fourth-order valence-electron chi connectivity index (χ4n) is 2.73. The first-order valence-corrected chi connectivity index (χ1v) is 9.60. The number of nitrogens with one attached hydrogen (secondary N) is 1. The fraction of sp³-hybridized carbons (Fsp3) is 0.200. The zero-order chi connectivity index (χ0) is 17.2. The van der Waals surface area contributed by atoms with Crippen LogP contribution in [-0.4, -0.2) is 8.42 Å².